The molecular weight excluding hydrogens is 280 g/mol. The van der Waals surface area contributed by atoms with E-state index in [2.05, 4.69) is 4.98 Å². The molecule has 0 aliphatic heterocycles. The first kappa shape index (κ1) is 14.3. The molecule has 0 amide bonds. The number of pyridine rings is 1. The van der Waals surface area contributed by atoms with Crippen LogP contribution in [0.1, 0.15) is 28.8 Å². The molecule has 0 N–H and O–H groups in total. The smallest absolute Gasteiger partial charge is 0.359 e. The number of rotatable bonds is 4. The summed E-state index contributed by atoms with van der Waals surface area (Å²) in [4.78, 5) is 27.2. The molecule has 0 fully saturated rings. The maximum atomic E-state index is 12.0. The van der Waals surface area contributed by atoms with E-state index < -0.39 is 5.97 Å². The van der Waals surface area contributed by atoms with Crippen molar-refractivity contribution in [1.82, 2.24) is 9.38 Å². The first-order valence-corrected chi connectivity index (χ1v) is 7.17. The standard InChI is InChI=1S/C17H16N2O3/c1-3-22-17(21)16-15-8-7-13-12(9-10-20)5-4-6-14(13)19(15)11(2)18-16/h4-8,10H,3,9H2,1-2H3. The zero-order valence-electron chi connectivity index (χ0n) is 12.5. The fraction of sp³-hybridized carbons (Fsp3) is 0.235. The molecule has 0 unspecified atom stereocenters. The van der Waals surface area contributed by atoms with Crippen LogP contribution >= 0.6 is 0 Å². The Morgan fingerprint density at radius 2 is 2.09 bits per heavy atom. The number of aldehydes is 1. The lowest BCUT2D eigenvalue weighted by atomic mass is 10.1. The van der Waals surface area contributed by atoms with Crippen molar-refractivity contribution in [2.75, 3.05) is 6.61 Å². The maximum absolute atomic E-state index is 12.0. The number of carbonyl (C=O) groups excluding carboxylic acids is 2. The van der Waals surface area contributed by atoms with Crippen LogP contribution in [0.25, 0.3) is 16.4 Å². The summed E-state index contributed by atoms with van der Waals surface area (Å²) in [5.74, 6) is 0.295. The molecule has 22 heavy (non-hydrogen) atoms. The topological polar surface area (TPSA) is 60.7 Å². The van der Waals surface area contributed by atoms with Crippen molar-refractivity contribution in [3.8, 4) is 0 Å². The Bertz CT molecular complexity index is 880. The first-order chi connectivity index (χ1) is 10.7. The van der Waals surface area contributed by atoms with Crippen LogP contribution in [0.5, 0.6) is 0 Å². The van der Waals surface area contributed by atoms with E-state index >= 15 is 0 Å². The van der Waals surface area contributed by atoms with Gasteiger partial charge in [0.1, 0.15) is 12.1 Å². The molecule has 5 heteroatoms. The molecule has 0 saturated heterocycles. The van der Waals surface area contributed by atoms with Gasteiger partial charge in [0.15, 0.2) is 5.69 Å². The summed E-state index contributed by atoms with van der Waals surface area (Å²) in [7, 11) is 0. The van der Waals surface area contributed by atoms with Gasteiger partial charge in [0, 0.05) is 11.8 Å². The molecule has 0 atom stereocenters. The zero-order chi connectivity index (χ0) is 15.7. The average Bonchev–Trinajstić information content (AvgIpc) is 2.86. The minimum absolute atomic E-state index is 0.313. The largest absolute Gasteiger partial charge is 0.461 e. The molecule has 3 rings (SSSR count). The summed E-state index contributed by atoms with van der Waals surface area (Å²) in [6.07, 6.45) is 1.26. The average molecular weight is 296 g/mol. The van der Waals surface area contributed by atoms with Crippen LogP contribution in [0.2, 0.25) is 0 Å². The maximum Gasteiger partial charge on any atom is 0.359 e. The van der Waals surface area contributed by atoms with Gasteiger partial charge in [-0.25, -0.2) is 9.78 Å². The van der Waals surface area contributed by atoms with E-state index in [1.807, 2.05) is 41.7 Å². The number of fused-ring (bicyclic) bond motifs is 3. The lowest BCUT2D eigenvalue weighted by molar-refractivity contribution is -0.107. The van der Waals surface area contributed by atoms with E-state index in [-0.39, 0.29) is 0 Å². The molecule has 5 nitrogen and oxygen atoms in total. The second-order valence-electron chi connectivity index (χ2n) is 5.00. The molecule has 0 bridgehead atoms. The molecule has 112 valence electrons. The van der Waals surface area contributed by atoms with E-state index in [4.69, 9.17) is 4.74 Å². The molecular formula is C17H16N2O3. The summed E-state index contributed by atoms with van der Waals surface area (Å²) >= 11 is 0. The molecule has 2 heterocycles. The van der Waals surface area contributed by atoms with Gasteiger partial charge >= 0.3 is 5.97 Å². The summed E-state index contributed by atoms with van der Waals surface area (Å²) < 4.78 is 6.99. The molecule has 2 aromatic heterocycles. The van der Waals surface area contributed by atoms with Gasteiger partial charge in [0.2, 0.25) is 0 Å². The number of imidazole rings is 1. The van der Waals surface area contributed by atoms with Crippen molar-refractivity contribution in [2.24, 2.45) is 0 Å². The number of hydrogen-bond acceptors (Lipinski definition) is 4. The Morgan fingerprint density at radius 3 is 2.82 bits per heavy atom. The van der Waals surface area contributed by atoms with Crippen LogP contribution in [-0.2, 0) is 16.0 Å². The van der Waals surface area contributed by atoms with Crippen LogP contribution in [0.15, 0.2) is 30.3 Å². The minimum atomic E-state index is -0.420. The van der Waals surface area contributed by atoms with Gasteiger partial charge in [-0.05, 0) is 31.5 Å². The number of aryl methyl sites for hydroxylation is 1. The summed E-state index contributed by atoms with van der Waals surface area (Å²) in [5, 5.41) is 0.984. The van der Waals surface area contributed by atoms with Crippen LogP contribution in [0.4, 0.5) is 0 Å². The summed E-state index contributed by atoms with van der Waals surface area (Å²) in [5.41, 5.74) is 2.92. The van der Waals surface area contributed by atoms with Crippen molar-refractivity contribution in [3.63, 3.8) is 0 Å². The highest BCUT2D eigenvalue weighted by molar-refractivity contribution is 5.98. The Morgan fingerprint density at radius 1 is 1.27 bits per heavy atom. The second-order valence-corrected chi connectivity index (χ2v) is 5.00. The number of benzene rings is 1. The van der Waals surface area contributed by atoms with Crippen molar-refractivity contribution >= 4 is 28.7 Å². The summed E-state index contributed by atoms with van der Waals surface area (Å²) in [6, 6.07) is 9.57. The van der Waals surface area contributed by atoms with Crippen LogP contribution in [0.3, 0.4) is 0 Å². The van der Waals surface area contributed by atoms with E-state index in [1.165, 1.54) is 0 Å². The van der Waals surface area contributed by atoms with Crippen LogP contribution in [-0.4, -0.2) is 28.2 Å². The van der Waals surface area contributed by atoms with E-state index in [9.17, 15) is 9.59 Å². The number of aromatic nitrogens is 2. The lowest BCUT2D eigenvalue weighted by Gasteiger charge is -2.08. The Kier molecular flexibility index (Phi) is 3.63. The normalized spacial score (nSPS) is 11.0. The highest BCUT2D eigenvalue weighted by Gasteiger charge is 2.18. The fourth-order valence-electron chi connectivity index (χ4n) is 2.77. The van der Waals surface area contributed by atoms with Gasteiger partial charge < -0.3 is 9.53 Å². The molecule has 0 spiro atoms. The number of ether oxygens (including phenoxy) is 1. The minimum Gasteiger partial charge on any atom is -0.461 e. The van der Waals surface area contributed by atoms with Gasteiger partial charge in [-0.15, -0.1) is 0 Å². The number of nitrogens with zero attached hydrogens (tertiary/aromatic N) is 2. The molecule has 1 aromatic carbocycles. The molecule has 3 aromatic rings. The van der Waals surface area contributed by atoms with E-state index in [1.54, 1.807) is 6.92 Å². The predicted octanol–water partition coefficient (Wildman–Crippen LogP) is 2.71. The van der Waals surface area contributed by atoms with Gasteiger partial charge in [0.05, 0.1) is 17.6 Å². The third-order valence-corrected chi connectivity index (χ3v) is 3.67. The molecule has 0 aliphatic carbocycles. The van der Waals surface area contributed by atoms with Gasteiger partial charge in [-0.3, -0.25) is 4.40 Å². The van der Waals surface area contributed by atoms with Gasteiger partial charge in [-0.2, -0.15) is 0 Å². The monoisotopic (exact) mass is 296 g/mol. The van der Waals surface area contributed by atoms with Gasteiger partial charge in [-0.1, -0.05) is 18.2 Å². The summed E-state index contributed by atoms with van der Waals surface area (Å²) in [6.45, 7) is 3.93. The van der Waals surface area contributed by atoms with Crippen LogP contribution < -0.4 is 0 Å². The fourth-order valence-corrected chi connectivity index (χ4v) is 2.77. The SMILES string of the molecule is CCOC(=O)c1nc(C)n2c1ccc1c(CC=O)cccc12. The van der Waals surface area contributed by atoms with Crippen molar-refractivity contribution in [3.05, 3.63) is 47.4 Å². The first-order valence-electron chi connectivity index (χ1n) is 7.17. The van der Waals surface area contributed by atoms with Crippen molar-refractivity contribution in [1.29, 1.82) is 0 Å². The van der Waals surface area contributed by atoms with Crippen molar-refractivity contribution in [2.45, 2.75) is 20.3 Å². The van der Waals surface area contributed by atoms with Gasteiger partial charge in [0.25, 0.3) is 0 Å². The van der Waals surface area contributed by atoms with E-state index in [0.717, 1.165) is 22.8 Å². The zero-order valence-corrected chi connectivity index (χ0v) is 12.5. The second kappa shape index (κ2) is 5.60. The van der Waals surface area contributed by atoms with E-state index in [0.29, 0.717) is 30.1 Å². The lowest BCUT2D eigenvalue weighted by Crippen LogP contribution is -2.05. The number of hydrogen-bond donors (Lipinski definition) is 0. The third-order valence-electron chi connectivity index (χ3n) is 3.67. The molecule has 0 aliphatic rings. The molecule has 0 saturated carbocycles. The Hall–Kier alpha value is -2.69. The highest BCUT2D eigenvalue weighted by Crippen LogP contribution is 2.24. The highest BCUT2D eigenvalue weighted by atomic mass is 16.5. The molecule has 0 radical (unpaired) electrons. The third kappa shape index (κ3) is 2.15. The van der Waals surface area contributed by atoms with Crippen LogP contribution in [0, 0.1) is 6.92 Å². The number of esters is 1. The Balaban J connectivity index is 2.31. The quantitative estimate of drug-likeness (QED) is 0.548. The van der Waals surface area contributed by atoms with Crippen molar-refractivity contribution < 1.29 is 14.3 Å². The number of carbonyl (C=O) groups is 2. The predicted molar refractivity (Wildman–Crippen MR) is 83.2 cm³/mol. The Labute approximate surface area is 127 Å².